The molecule has 1 aromatic carbocycles. The number of benzene rings is 1. The SMILES string of the molecule is Cc1cc(NC(=O)c2ccc(NS3(=O)=C4OCC4(O)C3)cc2N2CCC3(CC2)CC3)nc(N2CCC(F)(F)CC2)n1. The average Bonchev–Trinajstić information content (AvgIpc) is 3.66. The lowest BCUT2D eigenvalue weighted by atomic mass is 9.93. The standard InChI is InChI=1S/C28H34F2N6O4S/c1-18-14-22(33-25(31-18)36-12-8-28(29,30)9-13-36)32-23(37)20-3-2-19(34-41(39)17-27(38)16-40-24(27)41)15-21(20)35-10-6-26(4-5-26)7-11-35/h2-3,14-15,38H,4-13,16-17H2,1H3,(H,34,39)(H,31,32,33,37). The molecule has 1 aliphatic carbocycles. The Kier molecular flexibility index (Phi) is 6.05. The number of nitrogens with one attached hydrogen (secondary N) is 2. The number of hydrogen-bond donors (Lipinski definition) is 3. The summed E-state index contributed by atoms with van der Waals surface area (Å²) in [6.45, 7) is 3.85. The molecule has 3 N–H and O–H groups in total. The van der Waals surface area contributed by atoms with Crippen molar-refractivity contribution < 1.29 is 27.6 Å². The van der Waals surface area contributed by atoms with Crippen LogP contribution in [-0.2, 0) is 14.4 Å². The molecule has 1 aromatic heterocycles. The summed E-state index contributed by atoms with van der Waals surface area (Å²) in [5.41, 5.74) is 1.73. The van der Waals surface area contributed by atoms with Crippen molar-refractivity contribution in [2.45, 2.75) is 57.0 Å². The summed E-state index contributed by atoms with van der Waals surface area (Å²) >= 11 is 0. The molecule has 1 saturated carbocycles. The molecule has 220 valence electrons. The molecule has 5 aliphatic rings. The molecule has 41 heavy (non-hydrogen) atoms. The van der Waals surface area contributed by atoms with Crippen LogP contribution in [0.15, 0.2) is 24.3 Å². The lowest BCUT2D eigenvalue weighted by Crippen LogP contribution is -2.71. The van der Waals surface area contributed by atoms with Crippen molar-refractivity contribution in [1.29, 1.82) is 0 Å². The van der Waals surface area contributed by atoms with Crippen molar-refractivity contribution in [3.8, 4) is 0 Å². The predicted molar refractivity (Wildman–Crippen MR) is 153 cm³/mol. The number of aliphatic hydroxyl groups is 1. The van der Waals surface area contributed by atoms with E-state index in [-0.39, 0.29) is 49.2 Å². The Balaban J connectivity index is 1.15. The van der Waals surface area contributed by atoms with Crippen LogP contribution in [0.4, 0.5) is 31.9 Å². The van der Waals surface area contributed by atoms with Gasteiger partial charge in [0.2, 0.25) is 5.95 Å². The highest BCUT2D eigenvalue weighted by Crippen LogP contribution is 2.54. The van der Waals surface area contributed by atoms with Gasteiger partial charge < -0.3 is 29.7 Å². The first kappa shape index (κ1) is 26.8. The van der Waals surface area contributed by atoms with E-state index in [1.807, 2.05) is 6.07 Å². The van der Waals surface area contributed by atoms with Crippen LogP contribution in [0.1, 0.15) is 54.6 Å². The number of anilines is 4. The van der Waals surface area contributed by atoms with Gasteiger partial charge in [0.15, 0.2) is 10.7 Å². The Morgan fingerprint density at radius 3 is 2.34 bits per heavy atom. The van der Waals surface area contributed by atoms with E-state index < -0.39 is 21.2 Å². The summed E-state index contributed by atoms with van der Waals surface area (Å²) in [7, 11) is -2.70. The lowest BCUT2D eigenvalue weighted by molar-refractivity contribution is -0.0222. The number of aromatic nitrogens is 2. The number of amides is 1. The number of carbonyl (C=O) groups excluding carboxylic acids is 1. The minimum Gasteiger partial charge on any atom is -0.379 e. The zero-order chi connectivity index (χ0) is 28.6. The van der Waals surface area contributed by atoms with Gasteiger partial charge in [0.25, 0.3) is 11.8 Å². The fourth-order valence-electron chi connectivity index (χ4n) is 6.32. The molecule has 1 amide bonds. The van der Waals surface area contributed by atoms with Crippen LogP contribution in [0.25, 0.3) is 0 Å². The molecular formula is C28H34F2N6O4S. The van der Waals surface area contributed by atoms with Crippen molar-refractivity contribution in [2.24, 2.45) is 5.41 Å². The zero-order valence-electron chi connectivity index (χ0n) is 22.9. The molecule has 4 fully saturated rings. The van der Waals surface area contributed by atoms with Crippen molar-refractivity contribution in [2.75, 3.05) is 58.4 Å². The van der Waals surface area contributed by atoms with Gasteiger partial charge in [0.1, 0.15) is 5.82 Å². The number of aryl methyl sites for hydroxylation is 1. The normalized spacial score (nSPS) is 29.3. The van der Waals surface area contributed by atoms with Crippen molar-refractivity contribution in [3.63, 3.8) is 0 Å². The molecule has 2 atom stereocenters. The van der Waals surface area contributed by atoms with Crippen LogP contribution in [0.2, 0.25) is 0 Å². The van der Waals surface area contributed by atoms with Gasteiger partial charge in [-0.15, -0.1) is 0 Å². The van der Waals surface area contributed by atoms with Gasteiger partial charge in [-0.1, -0.05) is 0 Å². The van der Waals surface area contributed by atoms with E-state index in [9.17, 15) is 22.9 Å². The van der Waals surface area contributed by atoms with Crippen molar-refractivity contribution in [3.05, 3.63) is 35.5 Å². The number of rotatable bonds is 6. The highest BCUT2D eigenvalue weighted by atomic mass is 32.2. The molecular weight excluding hydrogens is 554 g/mol. The molecule has 0 bridgehead atoms. The quantitative estimate of drug-likeness (QED) is 0.441. The second-order valence-corrected chi connectivity index (χ2v) is 14.5. The molecule has 2 aromatic rings. The molecule has 7 rings (SSSR count). The summed E-state index contributed by atoms with van der Waals surface area (Å²) in [5.74, 6) is -2.32. The lowest BCUT2D eigenvalue weighted by Gasteiger charge is -2.48. The van der Waals surface area contributed by atoms with Crippen molar-refractivity contribution >= 4 is 43.8 Å². The first-order valence-electron chi connectivity index (χ1n) is 14.2. The van der Waals surface area contributed by atoms with Gasteiger partial charge >= 0.3 is 0 Å². The van der Waals surface area contributed by atoms with Gasteiger partial charge in [-0.3, -0.25) is 4.79 Å². The maximum Gasteiger partial charge on any atom is 0.258 e. The highest BCUT2D eigenvalue weighted by molar-refractivity contribution is 8.05. The summed E-state index contributed by atoms with van der Waals surface area (Å²) in [5, 5.41) is 13.4. The Morgan fingerprint density at radius 1 is 1.02 bits per heavy atom. The van der Waals surface area contributed by atoms with E-state index in [0.717, 1.165) is 31.6 Å². The molecule has 13 heteroatoms. The van der Waals surface area contributed by atoms with E-state index in [1.165, 1.54) is 12.8 Å². The number of alkyl halides is 2. The van der Waals surface area contributed by atoms with Crippen LogP contribution >= 0.6 is 0 Å². The smallest absolute Gasteiger partial charge is 0.258 e. The van der Waals surface area contributed by atoms with Gasteiger partial charge in [0, 0.05) is 56.5 Å². The summed E-state index contributed by atoms with van der Waals surface area (Å²) in [6, 6.07) is 6.91. The number of nitrogens with zero attached hydrogens (tertiary/aromatic N) is 4. The van der Waals surface area contributed by atoms with Gasteiger partial charge in [-0.2, -0.15) is 4.98 Å². The summed E-state index contributed by atoms with van der Waals surface area (Å²) < 4.78 is 49.0. The number of fused-ring (bicyclic) bond motifs is 1. The third kappa shape index (κ3) is 4.91. The fraction of sp³-hybridized carbons (Fsp3) is 0.571. The third-order valence-electron chi connectivity index (χ3n) is 9.07. The zero-order valence-corrected chi connectivity index (χ0v) is 23.7. The number of carbonyl (C=O) groups is 1. The van der Waals surface area contributed by atoms with Crippen LogP contribution in [0.3, 0.4) is 0 Å². The molecule has 4 aliphatic heterocycles. The maximum atomic E-state index is 13.7. The highest BCUT2D eigenvalue weighted by Gasteiger charge is 2.58. The summed E-state index contributed by atoms with van der Waals surface area (Å²) in [6.07, 6.45) is 4.11. The minimum atomic E-state index is -2.70. The maximum absolute atomic E-state index is 13.7. The Morgan fingerprint density at radius 2 is 1.73 bits per heavy atom. The number of halogens is 2. The van der Waals surface area contributed by atoms with E-state index >= 15 is 0 Å². The largest absolute Gasteiger partial charge is 0.379 e. The van der Waals surface area contributed by atoms with Gasteiger partial charge in [-0.25, -0.2) is 18.0 Å². The second-order valence-electron chi connectivity index (χ2n) is 12.2. The topological polar surface area (TPSA) is 120 Å². The predicted octanol–water partition coefficient (Wildman–Crippen LogP) is 3.17. The monoisotopic (exact) mass is 588 g/mol. The molecule has 1 spiro atoms. The van der Waals surface area contributed by atoms with Gasteiger partial charge in [0.05, 0.1) is 33.3 Å². The van der Waals surface area contributed by atoms with E-state index in [1.54, 1.807) is 30.0 Å². The number of piperidine rings is 2. The van der Waals surface area contributed by atoms with Crippen LogP contribution in [0, 0.1) is 12.3 Å². The van der Waals surface area contributed by atoms with Crippen LogP contribution in [0.5, 0.6) is 0 Å². The number of ether oxygens (including phenoxy) is 1. The summed E-state index contributed by atoms with van der Waals surface area (Å²) in [4.78, 5) is 26.5. The first-order valence-corrected chi connectivity index (χ1v) is 15.9. The molecule has 3 saturated heterocycles. The van der Waals surface area contributed by atoms with Crippen LogP contribution in [-0.4, -0.2) is 80.3 Å². The molecule has 5 heterocycles. The van der Waals surface area contributed by atoms with E-state index in [4.69, 9.17) is 4.74 Å². The molecule has 0 radical (unpaired) electrons. The Hall–Kier alpha value is -3.03. The minimum absolute atomic E-state index is 0.100. The molecule has 10 nitrogen and oxygen atoms in total. The molecule has 2 unspecified atom stereocenters. The Bertz CT molecular complexity index is 1540. The Labute approximate surface area is 237 Å². The average molecular weight is 589 g/mol. The van der Waals surface area contributed by atoms with E-state index in [0.29, 0.717) is 34.1 Å². The fourth-order valence-corrected chi connectivity index (χ4v) is 8.76. The van der Waals surface area contributed by atoms with Crippen LogP contribution < -0.4 is 19.8 Å². The van der Waals surface area contributed by atoms with E-state index in [2.05, 4.69) is 24.9 Å². The first-order chi connectivity index (χ1) is 19.4. The van der Waals surface area contributed by atoms with Gasteiger partial charge in [-0.05, 0) is 56.2 Å². The third-order valence-corrected chi connectivity index (χ3v) is 11.6. The number of hydrogen-bond acceptors (Lipinski definition) is 8. The van der Waals surface area contributed by atoms with Crippen molar-refractivity contribution in [1.82, 2.24) is 9.97 Å². The second kappa shape index (κ2) is 9.23.